The Balaban J connectivity index is 4.08. The van der Waals surface area contributed by atoms with Crippen molar-refractivity contribution in [3.63, 3.8) is 0 Å². The third kappa shape index (κ3) is 1.99. The van der Waals surface area contributed by atoms with Crippen molar-refractivity contribution in [2.24, 2.45) is 11.1 Å². The van der Waals surface area contributed by atoms with Gasteiger partial charge in [0.05, 0.1) is 5.41 Å². The first-order valence-electron chi connectivity index (χ1n) is 3.50. The average Bonchev–Trinajstić information content (AvgIpc) is 1.88. The topological polar surface area (TPSA) is 63.3 Å². The molecule has 0 saturated carbocycles. The molecule has 10 heavy (non-hydrogen) atoms. The van der Waals surface area contributed by atoms with Crippen LogP contribution < -0.4 is 5.73 Å². The van der Waals surface area contributed by atoms with Crippen molar-refractivity contribution in [1.82, 2.24) is 0 Å². The average molecular weight is 145 g/mol. The lowest BCUT2D eigenvalue weighted by molar-refractivity contribution is -0.147. The van der Waals surface area contributed by atoms with Gasteiger partial charge in [-0.15, -0.1) is 0 Å². The molecule has 0 aliphatic rings. The maximum Gasteiger partial charge on any atom is 0.310 e. The van der Waals surface area contributed by atoms with Crippen molar-refractivity contribution in [3.8, 4) is 0 Å². The fraction of sp³-hybridized carbons (Fsp3) is 0.857. The molecular formula is C7H15NO2. The molecular weight excluding hydrogens is 130 g/mol. The van der Waals surface area contributed by atoms with E-state index in [1.807, 2.05) is 6.92 Å². The van der Waals surface area contributed by atoms with Gasteiger partial charge in [-0.25, -0.2) is 0 Å². The predicted octanol–water partition coefficient (Wildman–Crippen LogP) is 0.836. The number of hydrogen-bond donors (Lipinski definition) is 2. The van der Waals surface area contributed by atoms with Crippen LogP contribution in [-0.2, 0) is 4.79 Å². The zero-order valence-corrected chi connectivity index (χ0v) is 6.55. The van der Waals surface area contributed by atoms with Gasteiger partial charge in [-0.2, -0.15) is 0 Å². The van der Waals surface area contributed by atoms with Gasteiger partial charge in [-0.3, -0.25) is 4.79 Å². The molecule has 0 aliphatic carbocycles. The fourth-order valence-corrected chi connectivity index (χ4v) is 0.848. The zero-order valence-electron chi connectivity index (χ0n) is 6.55. The summed E-state index contributed by atoms with van der Waals surface area (Å²) in [6, 6.07) is 0. The minimum atomic E-state index is -0.795. The maximum absolute atomic E-state index is 10.6. The van der Waals surface area contributed by atoms with Crippen LogP contribution in [0.5, 0.6) is 0 Å². The number of nitrogens with two attached hydrogens (primary N) is 1. The Bertz CT molecular complexity index is 125. The Morgan fingerprint density at radius 3 is 2.30 bits per heavy atom. The molecule has 0 aromatic carbocycles. The first-order chi connectivity index (χ1) is 4.56. The smallest absolute Gasteiger partial charge is 0.310 e. The predicted molar refractivity (Wildman–Crippen MR) is 39.7 cm³/mol. The normalized spacial score (nSPS) is 16.3. The van der Waals surface area contributed by atoms with Crippen molar-refractivity contribution in [3.05, 3.63) is 0 Å². The Labute approximate surface area is 61.2 Å². The molecule has 3 heteroatoms. The molecule has 0 heterocycles. The van der Waals surface area contributed by atoms with Crippen molar-refractivity contribution in [2.75, 3.05) is 6.54 Å². The summed E-state index contributed by atoms with van der Waals surface area (Å²) < 4.78 is 0. The third-order valence-corrected chi connectivity index (χ3v) is 1.77. The van der Waals surface area contributed by atoms with E-state index in [-0.39, 0.29) is 6.54 Å². The molecule has 0 saturated heterocycles. The number of aliphatic carboxylic acids is 1. The molecule has 1 atom stereocenters. The van der Waals surface area contributed by atoms with E-state index in [1.54, 1.807) is 6.92 Å². The molecule has 0 aromatic heterocycles. The lowest BCUT2D eigenvalue weighted by atomic mass is 9.86. The number of rotatable bonds is 4. The Kier molecular flexibility index (Phi) is 3.36. The molecule has 0 fully saturated rings. The highest BCUT2D eigenvalue weighted by atomic mass is 16.4. The lowest BCUT2D eigenvalue weighted by Crippen LogP contribution is -2.35. The minimum absolute atomic E-state index is 0.218. The van der Waals surface area contributed by atoms with Crippen molar-refractivity contribution in [2.45, 2.75) is 26.7 Å². The molecule has 0 radical (unpaired) electrons. The van der Waals surface area contributed by atoms with Crippen LogP contribution in [0.4, 0.5) is 0 Å². The second-order valence-electron chi connectivity index (χ2n) is 2.82. The number of hydrogen-bond acceptors (Lipinski definition) is 2. The molecule has 0 aliphatic heterocycles. The summed E-state index contributed by atoms with van der Waals surface area (Å²) in [6.45, 7) is 3.85. The van der Waals surface area contributed by atoms with Gasteiger partial charge in [-0.1, -0.05) is 13.3 Å². The summed E-state index contributed by atoms with van der Waals surface area (Å²) in [5, 5.41) is 8.68. The lowest BCUT2D eigenvalue weighted by Gasteiger charge is -2.21. The fourth-order valence-electron chi connectivity index (χ4n) is 0.848. The van der Waals surface area contributed by atoms with Crippen LogP contribution in [0.1, 0.15) is 26.7 Å². The molecule has 1 unspecified atom stereocenters. The summed E-state index contributed by atoms with van der Waals surface area (Å²) in [7, 11) is 0. The number of carboxylic acids is 1. The molecule has 0 aromatic rings. The highest BCUT2D eigenvalue weighted by molar-refractivity contribution is 5.74. The van der Waals surface area contributed by atoms with E-state index in [0.717, 1.165) is 6.42 Å². The van der Waals surface area contributed by atoms with E-state index in [0.29, 0.717) is 6.42 Å². The van der Waals surface area contributed by atoms with E-state index in [1.165, 1.54) is 0 Å². The minimum Gasteiger partial charge on any atom is -0.481 e. The van der Waals surface area contributed by atoms with Gasteiger partial charge >= 0.3 is 5.97 Å². The summed E-state index contributed by atoms with van der Waals surface area (Å²) in [6.07, 6.45) is 1.51. The number of carbonyl (C=O) groups is 1. The van der Waals surface area contributed by atoms with Gasteiger partial charge in [0, 0.05) is 6.54 Å². The standard InChI is InChI=1S/C7H15NO2/c1-3-4-7(2,5-8)6(9)10/h3-5,8H2,1-2H3,(H,9,10). The Hall–Kier alpha value is -0.570. The van der Waals surface area contributed by atoms with Crippen LogP contribution in [-0.4, -0.2) is 17.6 Å². The Morgan fingerprint density at radius 1 is 1.70 bits per heavy atom. The van der Waals surface area contributed by atoms with E-state index < -0.39 is 11.4 Å². The quantitative estimate of drug-likeness (QED) is 0.616. The molecule has 3 N–H and O–H groups in total. The largest absolute Gasteiger partial charge is 0.481 e. The second kappa shape index (κ2) is 3.56. The maximum atomic E-state index is 10.6. The van der Waals surface area contributed by atoms with E-state index in [2.05, 4.69) is 0 Å². The Morgan fingerprint density at radius 2 is 2.20 bits per heavy atom. The summed E-state index contributed by atoms with van der Waals surface area (Å²) >= 11 is 0. The molecule has 0 rings (SSSR count). The highest BCUT2D eigenvalue weighted by Gasteiger charge is 2.29. The van der Waals surface area contributed by atoms with Gasteiger partial charge < -0.3 is 10.8 Å². The van der Waals surface area contributed by atoms with E-state index >= 15 is 0 Å². The monoisotopic (exact) mass is 145 g/mol. The van der Waals surface area contributed by atoms with Crippen LogP contribution in [0.15, 0.2) is 0 Å². The molecule has 0 amide bonds. The van der Waals surface area contributed by atoms with Crippen LogP contribution in [0.3, 0.4) is 0 Å². The summed E-state index contributed by atoms with van der Waals surface area (Å²) in [5.74, 6) is -0.795. The first-order valence-corrected chi connectivity index (χ1v) is 3.50. The summed E-state index contributed by atoms with van der Waals surface area (Å²) in [5.41, 5.74) is 4.60. The molecule has 60 valence electrons. The van der Waals surface area contributed by atoms with Gasteiger partial charge in [0.25, 0.3) is 0 Å². The van der Waals surface area contributed by atoms with Crippen molar-refractivity contribution < 1.29 is 9.90 Å². The van der Waals surface area contributed by atoms with Gasteiger partial charge in [0.1, 0.15) is 0 Å². The number of carboxylic acid groups (broad SMARTS) is 1. The van der Waals surface area contributed by atoms with Crippen molar-refractivity contribution >= 4 is 5.97 Å². The van der Waals surface area contributed by atoms with Gasteiger partial charge in [0.2, 0.25) is 0 Å². The van der Waals surface area contributed by atoms with E-state index in [9.17, 15) is 4.79 Å². The highest BCUT2D eigenvalue weighted by Crippen LogP contribution is 2.21. The van der Waals surface area contributed by atoms with Crippen LogP contribution in [0, 0.1) is 5.41 Å². The molecule has 0 spiro atoms. The van der Waals surface area contributed by atoms with Gasteiger partial charge in [-0.05, 0) is 13.3 Å². The van der Waals surface area contributed by atoms with Crippen LogP contribution >= 0.6 is 0 Å². The second-order valence-corrected chi connectivity index (χ2v) is 2.82. The van der Waals surface area contributed by atoms with Crippen molar-refractivity contribution in [1.29, 1.82) is 0 Å². The van der Waals surface area contributed by atoms with Crippen LogP contribution in [0.25, 0.3) is 0 Å². The SMILES string of the molecule is CCCC(C)(CN)C(=O)O. The molecule has 3 nitrogen and oxygen atoms in total. The molecule has 0 bridgehead atoms. The van der Waals surface area contributed by atoms with Gasteiger partial charge in [0.15, 0.2) is 0 Å². The van der Waals surface area contributed by atoms with Crippen LogP contribution in [0.2, 0.25) is 0 Å². The zero-order chi connectivity index (χ0) is 8.20. The first kappa shape index (κ1) is 9.43. The summed E-state index contributed by atoms with van der Waals surface area (Å²) in [4.78, 5) is 10.6. The van der Waals surface area contributed by atoms with E-state index in [4.69, 9.17) is 10.8 Å². The third-order valence-electron chi connectivity index (χ3n) is 1.77.